The van der Waals surface area contributed by atoms with Crippen molar-refractivity contribution in [3.05, 3.63) is 65.0 Å². The number of aromatic nitrogens is 1. The Labute approximate surface area is 119 Å². The molecule has 2 heteroatoms. The Bertz CT molecular complexity index is 565. The predicted molar refractivity (Wildman–Crippen MR) is 79.7 cm³/mol. The monoisotopic (exact) mass is 271 g/mol. The van der Waals surface area contributed by atoms with Crippen LogP contribution in [0.25, 0.3) is 0 Å². The number of pyridine rings is 1. The zero-order valence-electron chi connectivity index (χ0n) is 11.1. The number of hydrogen-bond donors (Lipinski definition) is 0. The predicted octanol–water partition coefficient (Wildman–Crippen LogP) is 4.65. The Kier molecular flexibility index (Phi) is 3.56. The van der Waals surface area contributed by atoms with Gasteiger partial charge >= 0.3 is 0 Å². The van der Waals surface area contributed by atoms with E-state index in [1.165, 1.54) is 41.5 Å². The van der Waals surface area contributed by atoms with E-state index in [9.17, 15) is 0 Å². The van der Waals surface area contributed by atoms with Crippen LogP contribution in [0.1, 0.15) is 46.9 Å². The van der Waals surface area contributed by atoms with Gasteiger partial charge in [-0.15, -0.1) is 11.6 Å². The summed E-state index contributed by atoms with van der Waals surface area (Å²) in [7, 11) is 0. The zero-order valence-corrected chi connectivity index (χ0v) is 11.9. The van der Waals surface area contributed by atoms with Crippen molar-refractivity contribution < 1.29 is 0 Å². The molecule has 0 saturated heterocycles. The second kappa shape index (κ2) is 5.34. The first-order chi connectivity index (χ1) is 9.25. The molecule has 0 spiro atoms. The third kappa shape index (κ3) is 2.52. The topological polar surface area (TPSA) is 12.9 Å². The highest BCUT2D eigenvalue weighted by Gasteiger charge is 2.20. The lowest BCUT2D eigenvalue weighted by Crippen LogP contribution is -2.03. The van der Waals surface area contributed by atoms with Gasteiger partial charge in [-0.3, -0.25) is 4.98 Å². The molecule has 2 aromatic rings. The van der Waals surface area contributed by atoms with E-state index in [4.69, 9.17) is 11.6 Å². The van der Waals surface area contributed by atoms with Gasteiger partial charge in [-0.1, -0.05) is 25.1 Å². The van der Waals surface area contributed by atoms with Crippen LogP contribution in [0.5, 0.6) is 0 Å². The highest BCUT2D eigenvalue weighted by molar-refractivity contribution is 6.21. The van der Waals surface area contributed by atoms with Gasteiger partial charge in [-0.05, 0) is 53.6 Å². The molecule has 1 aromatic heterocycles. The summed E-state index contributed by atoms with van der Waals surface area (Å²) in [4.78, 5) is 4.06. The lowest BCUT2D eigenvalue weighted by molar-refractivity contribution is 0.729. The quantitative estimate of drug-likeness (QED) is 0.740. The fourth-order valence-corrected chi connectivity index (χ4v) is 3.17. The largest absolute Gasteiger partial charge is 0.265 e. The maximum Gasteiger partial charge on any atom is 0.0651 e. The summed E-state index contributed by atoms with van der Waals surface area (Å²) in [6.07, 6.45) is 7.38. The van der Waals surface area contributed by atoms with Crippen LogP contribution in [-0.4, -0.2) is 4.98 Å². The first-order valence-corrected chi connectivity index (χ1v) is 7.35. The molecule has 0 aliphatic heterocycles. The van der Waals surface area contributed by atoms with E-state index in [1.54, 1.807) is 0 Å². The Morgan fingerprint density at radius 1 is 1.00 bits per heavy atom. The van der Waals surface area contributed by atoms with Crippen molar-refractivity contribution in [3.63, 3.8) is 0 Å². The van der Waals surface area contributed by atoms with Crippen LogP contribution >= 0.6 is 11.6 Å². The summed E-state index contributed by atoms with van der Waals surface area (Å²) in [5.41, 5.74) is 5.48. The van der Waals surface area contributed by atoms with Gasteiger partial charge < -0.3 is 0 Å². The van der Waals surface area contributed by atoms with Gasteiger partial charge in [0.15, 0.2) is 0 Å². The Morgan fingerprint density at radius 2 is 1.74 bits per heavy atom. The fraction of sp³-hybridized carbons (Fsp3) is 0.353. The molecule has 0 N–H and O–H groups in total. The number of hydrogen-bond acceptors (Lipinski definition) is 1. The Balaban J connectivity index is 1.86. The molecule has 0 fully saturated rings. The minimum atomic E-state index is 0.0216. The molecule has 1 aliphatic carbocycles. The van der Waals surface area contributed by atoms with E-state index in [-0.39, 0.29) is 5.38 Å². The van der Waals surface area contributed by atoms with Gasteiger partial charge in [0, 0.05) is 18.3 Å². The molecule has 1 aromatic carbocycles. The molecule has 2 atom stereocenters. The second-order valence-electron chi connectivity index (χ2n) is 5.35. The lowest BCUT2D eigenvalue weighted by atomic mass is 9.92. The number of nitrogens with zero attached hydrogens (tertiary/aromatic N) is 1. The summed E-state index contributed by atoms with van der Waals surface area (Å²) in [6.45, 7) is 2.18. The minimum Gasteiger partial charge on any atom is -0.265 e. The molecule has 19 heavy (non-hydrogen) atoms. The molecule has 0 radical (unpaired) electrons. The minimum absolute atomic E-state index is 0.0216. The van der Waals surface area contributed by atoms with Crippen molar-refractivity contribution in [3.8, 4) is 0 Å². The van der Waals surface area contributed by atoms with Gasteiger partial charge in [0.05, 0.1) is 5.38 Å². The average Bonchev–Trinajstić information content (AvgIpc) is 2.94. The molecule has 1 nitrogen and oxygen atoms in total. The van der Waals surface area contributed by atoms with E-state index in [0.717, 1.165) is 0 Å². The first-order valence-electron chi connectivity index (χ1n) is 6.91. The van der Waals surface area contributed by atoms with Crippen molar-refractivity contribution in [2.24, 2.45) is 0 Å². The van der Waals surface area contributed by atoms with Gasteiger partial charge in [-0.2, -0.15) is 0 Å². The Hall–Kier alpha value is -1.34. The van der Waals surface area contributed by atoms with Crippen LogP contribution in [0.15, 0.2) is 42.7 Å². The Morgan fingerprint density at radius 3 is 2.53 bits per heavy atom. The van der Waals surface area contributed by atoms with E-state index in [1.807, 2.05) is 24.5 Å². The van der Waals surface area contributed by atoms with Crippen molar-refractivity contribution in [1.29, 1.82) is 0 Å². The molecule has 0 amide bonds. The summed E-state index contributed by atoms with van der Waals surface area (Å²) in [5.74, 6) is 0.295. The number of alkyl halides is 1. The van der Waals surface area contributed by atoms with Gasteiger partial charge in [0.25, 0.3) is 0 Å². The number of fused-ring (bicyclic) bond motifs is 1. The van der Waals surface area contributed by atoms with Crippen molar-refractivity contribution in [2.45, 2.75) is 37.5 Å². The van der Waals surface area contributed by atoms with Crippen molar-refractivity contribution in [1.82, 2.24) is 4.98 Å². The average molecular weight is 272 g/mol. The highest BCUT2D eigenvalue weighted by atomic mass is 35.5. The van der Waals surface area contributed by atoms with Gasteiger partial charge in [0.2, 0.25) is 0 Å². The van der Waals surface area contributed by atoms with Crippen LogP contribution in [-0.2, 0) is 12.8 Å². The number of halogens is 1. The third-order valence-electron chi connectivity index (χ3n) is 4.11. The summed E-state index contributed by atoms with van der Waals surface area (Å²) < 4.78 is 0. The molecule has 1 aliphatic rings. The van der Waals surface area contributed by atoms with Crippen LogP contribution < -0.4 is 0 Å². The molecule has 98 valence electrons. The van der Waals surface area contributed by atoms with Crippen LogP contribution in [0.4, 0.5) is 0 Å². The molecule has 0 bridgehead atoms. The van der Waals surface area contributed by atoms with Gasteiger partial charge in [0.1, 0.15) is 0 Å². The fourth-order valence-electron chi connectivity index (χ4n) is 2.89. The molecule has 1 heterocycles. The summed E-state index contributed by atoms with van der Waals surface area (Å²) >= 11 is 6.67. The number of benzene rings is 1. The zero-order chi connectivity index (χ0) is 13.2. The molecular formula is C17H18ClN. The molecular weight excluding hydrogens is 254 g/mol. The number of rotatable bonds is 3. The summed E-state index contributed by atoms with van der Waals surface area (Å²) in [5, 5.41) is 0.0216. The lowest BCUT2D eigenvalue weighted by Gasteiger charge is -2.19. The normalized spacial score (nSPS) is 16.9. The molecule has 2 unspecified atom stereocenters. The van der Waals surface area contributed by atoms with Crippen LogP contribution in [0.2, 0.25) is 0 Å². The van der Waals surface area contributed by atoms with Crippen molar-refractivity contribution >= 4 is 11.6 Å². The maximum absolute atomic E-state index is 6.67. The molecule has 3 rings (SSSR count). The number of aryl methyl sites for hydroxylation is 2. The smallest absolute Gasteiger partial charge is 0.0651 e. The first kappa shape index (κ1) is 12.7. The summed E-state index contributed by atoms with van der Waals surface area (Å²) in [6, 6.07) is 10.9. The van der Waals surface area contributed by atoms with Crippen LogP contribution in [0.3, 0.4) is 0 Å². The van der Waals surface area contributed by atoms with Gasteiger partial charge in [-0.25, -0.2) is 0 Å². The maximum atomic E-state index is 6.67. The van der Waals surface area contributed by atoms with Crippen molar-refractivity contribution in [2.75, 3.05) is 0 Å². The molecule has 0 saturated carbocycles. The van der Waals surface area contributed by atoms with E-state index < -0.39 is 0 Å². The van der Waals surface area contributed by atoms with E-state index >= 15 is 0 Å². The van der Waals surface area contributed by atoms with Crippen LogP contribution in [0, 0.1) is 0 Å². The highest BCUT2D eigenvalue weighted by Crippen LogP contribution is 2.37. The van der Waals surface area contributed by atoms with E-state index in [0.29, 0.717) is 5.92 Å². The third-order valence-corrected chi connectivity index (χ3v) is 4.74. The SMILES string of the molecule is CC(c1ccncc1)C(Cl)c1ccc2c(c1)CCC2. The van der Waals surface area contributed by atoms with E-state index in [2.05, 4.69) is 30.1 Å². The standard InChI is InChI=1S/C17H18ClN/c1-12(13-7-9-19-10-8-13)17(18)16-6-5-14-3-2-4-15(14)11-16/h5-12,17H,2-4H2,1H3. The second-order valence-corrected chi connectivity index (χ2v) is 5.82.